The molecule has 3 N–H and O–H groups in total. The first-order valence-corrected chi connectivity index (χ1v) is 18.4. The Hall–Kier alpha value is -3.89. The van der Waals surface area contributed by atoms with Gasteiger partial charge in [-0.15, -0.1) is 11.3 Å². The number of carbonyl (C=O) groups is 3. The van der Waals surface area contributed by atoms with Crippen molar-refractivity contribution in [2.24, 2.45) is 11.8 Å². The second-order valence-corrected chi connectivity index (χ2v) is 15.7. The minimum Gasteiger partial charge on any atom is -0.508 e. The van der Waals surface area contributed by atoms with Crippen molar-refractivity contribution >= 4 is 39.2 Å². The van der Waals surface area contributed by atoms with Crippen LogP contribution in [-0.4, -0.2) is 100 Å². The summed E-state index contributed by atoms with van der Waals surface area (Å²) in [6.45, 7) is 6.95. The molecule has 15 heteroatoms. The number of imide groups is 1. The van der Waals surface area contributed by atoms with Crippen LogP contribution in [0.15, 0.2) is 64.9 Å². The predicted molar refractivity (Wildman–Crippen MR) is 184 cm³/mol. The highest BCUT2D eigenvalue weighted by molar-refractivity contribution is 7.89. The van der Waals surface area contributed by atoms with Crippen molar-refractivity contribution in [3.05, 3.63) is 76.2 Å². The topological polar surface area (TPSA) is 170 Å². The molecule has 0 bridgehead atoms. The van der Waals surface area contributed by atoms with Gasteiger partial charge in [-0.2, -0.15) is 4.31 Å². The number of amides is 4. The molecule has 0 unspecified atom stereocenters. The number of thiazole rings is 1. The maximum atomic E-state index is 14.1. The zero-order chi connectivity index (χ0) is 35.9. The Labute approximate surface area is 291 Å². The van der Waals surface area contributed by atoms with E-state index in [2.05, 4.69) is 10.3 Å². The van der Waals surface area contributed by atoms with Gasteiger partial charge in [-0.05, 0) is 48.1 Å². The average molecular weight is 716 g/mol. The molecule has 0 spiro atoms. The van der Waals surface area contributed by atoms with Crippen LogP contribution in [0.3, 0.4) is 0 Å². The van der Waals surface area contributed by atoms with Gasteiger partial charge < -0.3 is 25.2 Å². The van der Waals surface area contributed by atoms with Gasteiger partial charge in [0.1, 0.15) is 23.3 Å². The molecule has 1 aliphatic heterocycles. The molecule has 0 radical (unpaired) electrons. The summed E-state index contributed by atoms with van der Waals surface area (Å²) in [5, 5.41) is 26.7. The highest BCUT2D eigenvalue weighted by Gasteiger charge is 2.44. The molecular formula is C34H45N5O8S2. The number of methoxy groups -OCH3 is 1. The number of sulfonamides is 1. The fraction of sp³-hybridized carbons (Fsp3) is 0.471. The van der Waals surface area contributed by atoms with E-state index in [0.29, 0.717) is 17.3 Å². The van der Waals surface area contributed by atoms with E-state index in [0.717, 1.165) is 10.5 Å². The lowest BCUT2D eigenvalue weighted by atomic mass is 9.97. The van der Waals surface area contributed by atoms with Crippen LogP contribution in [0.5, 0.6) is 5.75 Å². The molecule has 4 rings (SSSR count). The number of aliphatic hydroxyl groups excluding tert-OH is 1. The highest BCUT2D eigenvalue weighted by Crippen LogP contribution is 2.24. The normalized spacial score (nSPS) is 15.8. The zero-order valence-corrected chi connectivity index (χ0v) is 30.0. The predicted octanol–water partition coefficient (Wildman–Crippen LogP) is 3.22. The third kappa shape index (κ3) is 9.63. The monoisotopic (exact) mass is 715 g/mol. The fourth-order valence-corrected chi connectivity index (χ4v) is 8.09. The van der Waals surface area contributed by atoms with Gasteiger partial charge in [0.15, 0.2) is 0 Å². The molecule has 1 aromatic heterocycles. The van der Waals surface area contributed by atoms with E-state index >= 15 is 0 Å². The number of aliphatic hydroxyl groups is 1. The number of hydrogen-bond donors (Lipinski definition) is 3. The number of urea groups is 1. The first-order valence-electron chi connectivity index (χ1n) is 16.1. The smallest absolute Gasteiger partial charge is 0.328 e. The van der Waals surface area contributed by atoms with Gasteiger partial charge in [0.2, 0.25) is 15.9 Å². The quantitative estimate of drug-likeness (QED) is 0.178. The van der Waals surface area contributed by atoms with Crippen LogP contribution in [0.4, 0.5) is 4.79 Å². The molecule has 2 aromatic carbocycles. The van der Waals surface area contributed by atoms with Gasteiger partial charge in [-0.25, -0.2) is 18.2 Å². The number of aromatic nitrogens is 1. The number of rotatable bonds is 17. The Morgan fingerprint density at radius 1 is 1.06 bits per heavy atom. The van der Waals surface area contributed by atoms with E-state index in [1.807, 2.05) is 44.2 Å². The van der Waals surface area contributed by atoms with E-state index < -0.39 is 52.0 Å². The van der Waals surface area contributed by atoms with Crippen LogP contribution >= 0.6 is 11.3 Å². The molecule has 13 nitrogen and oxygen atoms in total. The average Bonchev–Trinajstić information content (AvgIpc) is 3.60. The summed E-state index contributed by atoms with van der Waals surface area (Å²) in [6.07, 6.45) is -1.19. The molecule has 0 aliphatic carbocycles. The number of aromatic hydroxyl groups is 1. The lowest BCUT2D eigenvalue weighted by Crippen LogP contribution is -2.57. The molecule has 1 saturated heterocycles. The Bertz CT molecular complexity index is 1680. The first kappa shape index (κ1) is 37.9. The third-order valence-electron chi connectivity index (χ3n) is 8.03. The zero-order valence-electron chi connectivity index (χ0n) is 28.4. The summed E-state index contributed by atoms with van der Waals surface area (Å²) in [5.74, 6) is -1.63. The molecule has 1 fully saturated rings. The summed E-state index contributed by atoms with van der Waals surface area (Å²) in [6, 6.07) is 11.7. The Balaban J connectivity index is 1.57. The minimum absolute atomic E-state index is 0.0443. The second kappa shape index (κ2) is 16.7. The Morgan fingerprint density at radius 2 is 1.73 bits per heavy atom. The number of nitrogens with one attached hydrogen (secondary N) is 1. The SMILES string of the molecule is COCc1nc(CN2C(=O)CN([C@H](C(=O)N[C@@H](Cc3ccccc3)[C@@H](O)CN(CC(C)C)S(=O)(=O)c3ccc(O)cc3)C(C)C)C2=O)cs1. The summed E-state index contributed by atoms with van der Waals surface area (Å²) < 4.78 is 33.7. The number of phenolic OH excluding ortho intramolecular Hbond substituents is 1. The molecular weight excluding hydrogens is 671 g/mol. The van der Waals surface area contributed by atoms with Crippen molar-refractivity contribution in [1.82, 2.24) is 24.4 Å². The van der Waals surface area contributed by atoms with Crippen LogP contribution in [-0.2, 0) is 43.9 Å². The number of ether oxygens (including phenoxy) is 1. The number of benzene rings is 2. The lowest BCUT2D eigenvalue weighted by molar-refractivity contribution is -0.129. The number of nitrogens with zero attached hydrogens (tertiary/aromatic N) is 4. The highest BCUT2D eigenvalue weighted by atomic mass is 32.2. The molecule has 3 aromatic rings. The van der Waals surface area contributed by atoms with Gasteiger partial charge in [0, 0.05) is 25.6 Å². The van der Waals surface area contributed by atoms with Gasteiger partial charge in [-0.3, -0.25) is 14.5 Å². The van der Waals surface area contributed by atoms with Crippen LogP contribution in [0.25, 0.3) is 0 Å². The molecule has 3 atom stereocenters. The third-order valence-corrected chi connectivity index (χ3v) is 10.7. The van der Waals surface area contributed by atoms with Gasteiger partial charge in [0.05, 0.1) is 35.9 Å². The number of phenols is 1. The molecule has 2 heterocycles. The molecule has 49 heavy (non-hydrogen) atoms. The van der Waals surface area contributed by atoms with E-state index in [-0.39, 0.29) is 49.2 Å². The van der Waals surface area contributed by atoms with Gasteiger partial charge >= 0.3 is 6.03 Å². The molecule has 4 amide bonds. The lowest BCUT2D eigenvalue weighted by Gasteiger charge is -2.34. The van der Waals surface area contributed by atoms with E-state index in [4.69, 9.17) is 4.74 Å². The summed E-state index contributed by atoms with van der Waals surface area (Å²) in [4.78, 5) is 47.4. The minimum atomic E-state index is -4.09. The van der Waals surface area contributed by atoms with Crippen molar-refractivity contribution in [1.29, 1.82) is 0 Å². The molecule has 0 saturated carbocycles. The van der Waals surface area contributed by atoms with E-state index in [1.54, 1.807) is 26.3 Å². The van der Waals surface area contributed by atoms with E-state index in [9.17, 15) is 33.0 Å². The molecule has 266 valence electrons. The first-order chi connectivity index (χ1) is 23.2. The Kier molecular flexibility index (Phi) is 12.9. The summed E-state index contributed by atoms with van der Waals surface area (Å²) in [7, 11) is -2.54. The maximum Gasteiger partial charge on any atom is 0.328 e. The second-order valence-electron chi connectivity index (χ2n) is 12.8. The fourth-order valence-electron chi connectivity index (χ4n) is 5.71. The summed E-state index contributed by atoms with van der Waals surface area (Å²) in [5.41, 5.74) is 1.32. The number of hydrogen-bond acceptors (Lipinski definition) is 10. The van der Waals surface area contributed by atoms with Crippen LogP contribution in [0.1, 0.15) is 44.0 Å². The van der Waals surface area contributed by atoms with Crippen LogP contribution in [0.2, 0.25) is 0 Å². The number of carbonyl (C=O) groups excluding carboxylic acids is 3. The van der Waals surface area contributed by atoms with Crippen molar-refractivity contribution in [2.75, 3.05) is 26.7 Å². The van der Waals surface area contributed by atoms with Crippen LogP contribution < -0.4 is 5.32 Å². The standard InChI is InChI=1S/C34H45N5O8S2/c1-22(2)16-37(49(45,46)27-13-11-26(40)12-14-27)18-29(41)28(15-24-9-7-6-8-10-24)36-33(43)32(23(3)4)39-19-31(42)38(34(39)44)17-25-21-48-30(35-25)20-47-5/h6-14,21-23,28-29,32,40-41H,15-20H2,1-5H3,(H,36,43)/t28-,29-,32-/m0/s1. The van der Waals surface area contributed by atoms with Crippen molar-refractivity contribution in [3.63, 3.8) is 0 Å². The van der Waals surface area contributed by atoms with Gasteiger partial charge in [-0.1, -0.05) is 58.0 Å². The van der Waals surface area contributed by atoms with Crippen molar-refractivity contribution in [3.8, 4) is 5.75 Å². The van der Waals surface area contributed by atoms with Crippen LogP contribution in [0, 0.1) is 11.8 Å². The van der Waals surface area contributed by atoms with Crippen molar-refractivity contribution < 1.29 is 37.8 Å². The maximum absolute atomic E-state index is 14.1. The Morgan fingerprint density at radius 3 is 2.35 bits per heavy atom. The largest absolute Gasteiger partial charge is 0.508 e. The van der Waals surface area contributed by atoms with E-state index in [1.165, 1.54) is 44.8 Å². The van der Waals surface area contributed by atoms with Gasteiger partial charge in [0.25, 0.3) is 5.91 Å². The van der Waals surface area contributed by atoms with Crippen molar-refractivity contribution in [2.45, 2.75) is 70.4 Å². The molecule has 1 aliphatic rings. The summed E-state index contributed by atoms with van der Waals surface area (Å²) >= 11 is 1.36.